The zero-order valence-corrected chi connectivity index (χ0v) is 20.1. The second kappa shape index (κ2) is 17.0. The summed E-state index contributed by atoms with van der Waals surface area (Å²) >= 11 is 0. The molecule has 0 amide bonds. The quantitative estimate of drug-likeness (QED) is 0.287. The zero-order valence-electron chi connectivity index (χ0n) is 20.1. The molecule has 186 valence electrons. The van der Waals surface area contributed by atoms with Gasteiger partial charge in [-0.05, 0) is 51.4 Å². The molecule has 2 aliphatic rings. The Morgan fingerprint density at radius 1 is 0.788 bits per heavy atom. The van der Waals surface area contributed by atoms with Gasteiger partial charge in [0.1, 0.15) is 24.4 Å². The average molecular weight is 463 g/mol. The number of methoxy groups -OCH3 is 1. The minimum atomic E-state index is -1.13. The SMILES string of the molecule is CC/C=C\C/C=C\C/C=C\C/C=C\C/C=C\CCC[C@@H]1OC[C@H]2O[C@@H](OC)[C@H](O)[C@@H](O)[C@@H]2O1. The third-order valence-corrected chi connectivity index (χ3v) is 5.60. The summed E-state index contributed by atoms with van der Waals surface area (Å²) < 4.78 is 22.2. The number of unbranched alkanes of at least 4 members (excludes halogenated alkanes) is 1. The molecule has 0 unspecified atom stereocenters. The lowest BCUT2D eigenvalue weighted by Crippen LogP contribution is -2.63. The molecule has 2 saturated heterocycles. The topological polar surface area (TPSA) is 77.4 Å². The molecule has 0 aromatic carbocycles. The van der Waals surface area contributed by atoms with Crippen LogP contribution in [0.5, 0.6) is 0 Å². The highest BCUT2D eigenvalue weighted by molar-refractivity contribution is 5.00. The van der Waals surface area contributed by atoms with Gasteiger partial charge in [0.2, 0.25) is 0 Å². The monoisotopic (exact) mass is 462 g/mol. The Morgan fingerprint density at radius 2 is 1.36 bits per heavy atom. The summed E-state index contributed by atoms with van der Waals surface area (Å²) in [7, 11) is 1.43. The van der Waals surface area contributed by atoms with E-state index in [9.17, 15) is 10.2 Å². The van der Waals surface area contributed by atoms with Crippen molar-refractivity contribution >= 4 is 0 Å². The van der Waals surface area contributed by atoms with E-state index in [2.05, 4.69) is 67.7 Å². The molecule has 0 radical (unpaired) electrons. The lowest BCUT2D eigenvalue weighted by molar-refractivity contribution is -0.356. The van der Waals surface area contributed by atoms with Gasteiger partial charge in [0.05, 0.1) is 6.61 Å². The van der Waals surface area contributed by atoms with Gasteiger partial charge in [0.15, 0.2) is 12.6 Å². The molecule has 0 aliphatic carbocycles. The van der Waals surface area contributed by atoms with Gasteiger partial charge in [-0.25, -0.2) is 0 Å². The Kier molecular flexibility index (Phi) is 14.3. The lowest BCUT2D eigenvalue weighted by Gasteiger charge is -2.45. The average Bonchev–Trinajstić information content (AvgIpc) is 2.83. The summed E-state index contributed by atoms with van der Waals surface area (Å²) in [5.74, 6) is 0. The first-order valence-corrected chi connectivity index (χ1v) is 12.2. The van der Waals surface area contributed by atoms with E-state index in [-0.39, 0.29) is 0 Å². The number of ether oxygens (including phenoxy) is 4. The number of aliphatic hydroxyl groups excluding tert-OH is 2. The maximum absolute atomic E-state index is 10.3. The molecule has 6 heteroatoms. The summed E-state index contributed by atoms with van der Waals surface area (Å²) in [5, 5.41) is 20.3. The van der Waals surface area contributed by atoms with Gasteiger partial charge in [-0.3, -0.25) is 0 Å². The molecular formula is C27H42O6. The van der Waals surface area contributed by atoms with Crippen molar-refractivity contribution in [2.45, 2.75) is 95.3 Å². The van der Waals surface area contributed by atoms with E-state index < -0.39 is 37.0 Å². The van der Waals surface area contributed by atoms with Crippen LogP contribution < -0.4 is 0 Å². The molecule has 0 aromatic heterocycles. The molecule has 6 atom stereocenters. The largest absolute Gasteiger partial charge is 0.387 e. The molecular weight excluding hydrogens is 420 g/mol. The Bertz CT molecular complexity index is 651. The lowest BCUT2D eigenvalue weighted by atomic mass is 9.98. The fourth-order valence-electron chi connectivity index (χ4n) is 3.74. The number of hydrogen-bond donors (Lipinski definition) is 2. The number of aliphatic hydroxyl groups is 2. The molecule has 2 rings (SSSR count). The van der Waals surface area contributed by atoms with Crippen LogP contribution in [0.4, 0.5) is 0 Å². The van der Waals surface area contributed by atoms with Gasteiger partial charge in [0, 0.05) is 7.11 Å². The van der Waals surface area contributed by atoms with Crippen molar-refractivity contribution < 1.29 is 29.2 Å². The third kappa shape index (κ3) is 10.5. The van der Waals surface area contributed by atoms with Gasteiger partial charge in [-0.1, -0.05) is 67.7 Å². The van der Waals surface area contributed by atoms with Crippen LogP contribution in [-0.2, 0) is 18.9 Å². The van der Waals surface area contributed by atoms with E-state index in [1.165, 1.54) is 7.11 Å². The smallest absolute Gasteiger partial charge is 0.186 e. The molecule has 0 aromatic rings. The van der Waals surface area contributed by atoms with Crippen LogP contribution in [0, 0.1) is 0 Å². The first kappa shape index (κ1) is 27.7. The number of rotatable bonds is 14. The van der Waals surface area contributed by atoms with Crippen LogP contribution in [0.25, 0.3) is 0 Å². The third-order valence-electron chi connectivity index (χ3n) is 5.60. The van der Waals surface area contributed by atoms with Crippen LogP contribution in [0.1, 0.15) is 58.3 Å². The Balaban J connectivity index is 1.50. The summed E-state index contributed by atoms with van der Waals surface area (Å²) in [6.45, 7) is 2.47. The van der Waals surface area contributed by atoms with Crippen LogP contribution in [0.15, 0.2) is 60.8 Å². The summed E-state index contributed by atoms with van der Waals surface area (Å²) in [5.41, 5.74) is 0. The first-order valence-electron chi connectivity index (χ1n) is 12.2. The highest BCUT2D eigenvalue weighted by atomic mass is 16.7. The molecule has 2 N–H and O–H groups in total. The molecule has 0 saturated carbocycles. The maximum atomic E-state index is 10.3. The highest BCUT2D eigenvalue weighted by Crippen LogP contribution is 2.29. The predicted molar refractivity (Wildman–Crippen MR) is 131 cm³/mol. The molecule has 0 bridgehead atoms. The zero-order chi connectivity index (χ0) is 23.7. The van der Waals surface area contributed by atoms with Gasteiger partial charge >= 0.3 is 0 Å². The molecule has 33 heavy (non-hydrogen) atoms. The minimum Gasteiger partial charge on any atom is -0.387 e. The van der Waals surface area contributed by atoms with Crippen molar-refractivity contribution in [2.75, 3.05) is 13.7 Å². The highest BCUT2D eigenvalue weighted by Gasteiger charge is 2.48. The Labute approximate surface area is 199 Å². The van der Waals surface area contributed by atoms with Gasteiger partial charge in [0.25, 0.3) is 0 Å². The van der Waals surface area contributed by atoms with Crippen LogP contribution in [0.3, 0.4) is 0 Å². The van der Waals surface area contributed by atoms with Gasteiger partial charge in [-0.15, -0.1) is 0 Å². The van der Waals surface area contributed by atoms with Crippen molar-refractivity contribution in [3.63, 3.8) is 0 Å². The van der Waals surface area contributed by atoms with E-state index in [0.717, 1.165) is 51.4 Å². The first-order chi connectivity index (χ1) is 16.2. The van der Waals surface area contributed by atoms with Crippen molar-refractivity contribution in [3.8, 4) is 0 Å². The second-order valence-electron chi connectivity index (χ2n) is 8.26. The number of hydrogen-bond acceptors (Lipinski definition) is 6. The van der Waals surface area contributed by atoms with Crippen LogP contribution in [-0.4, -0.2) is 60.9 Å². The summed E-state index contributed by atoms with van der Waals surface area (Å²) in [6, 6.07) is 0. The van der Waals surface area contributed by atoms with Crippen LogP contribution >= 0.6 is 0 Å². The van der Waals surface area contributed by atoms with Crippen molar-refractivity contribution in [1.82, 2.24) is 0 Å². The van der Waals surface area contributed by atoms with E-state index in [1.54, 1.807) is 0 Å². The molecule has 2 fully saturated rings. The fraction of sp³-hybridized carbons (Fsp3) is 0.630. The summed E-state index contributed by atoms with van der Waals surface area (Å²) in [6.07, 6.45) is 25.1. The molecule has 2 heterocycles. The van der Waals surface area contributed by atoms with E-state index in [1.807, 2.05) is 0 Å². The van der Waals surface area contributed by atoms with Crippen LogP contribution in [0.2, 0.25) is 0 Å². The van der Waals surface area contributed by atoms with Gasteiger partial charge in [-0.2, -0.15) is 0 Å². The van der Waals surface area contributed by atoms with E-state index in [0.29, 0.717) is 6.61 Å². The minimum absolute atomic E-state index is 0.320. The van der Waals surface area contributed by atoms with Crippen molar-refractivity contribution in [1.29, 1.82) is 0 Å². The normalized spacial score (nSPS) is 31.0. The Morgan fingerprint density at radius 3 is 1.94 bits per heavy atom. The molecule has 0 spiro atoms. The van der Waals surface area contributed by atoms with Crippen molar-refractivity contribution in [2.24, 2.45) is 0 Å². The van der Waals surface area contributed by atoms with E-state index in [4.69, 9.17) is 18.9 Å². The molecule has 6 nitrogen and oxygen atoms in total. The molecule has 2 aliphatic heterocycles. The number of fused-ring (bicyclic) bond motifs is 1. The fourth-order valence-corrected chi connectivity index (χ4v) is 3.74. The van der Waals surface area contributed by atoms with Gasteiger partial charge < -0.3 is 29.2 Å². The number of allylic oxidation sites excluding steroid dienone is 10. The maximum Gasteiger partial charge on any atom is 0.186 e. The predicted octanol–water partition coefficient (Wildman–Crippen LogP) is 4.74. The Hall–Kier alpha value is -1.54. The second-order valence-corrected chi connectivity index (χ2v) is 8.26. The van der Waals surface area contributed by atoms with Crippen molar-refractivity contribution in [3.05, 3.63) is 60.8 Å². The summed E-state index contributed by atoms with van der Waals surface area (Å²) in [4.78, 5) is 0. The standard InChI is InChI=1S/C27H42O6/c1-3-4-5-6-7-8-9-10-11-12-13-14-15-16-17-18-19-20-23-31-21-22-26(33-23)24(28)25(29)27(30-2)32-22/h4-5,7-8,10-11,13-14,16-17,22-29H,3,6,9,12,15,18-21H2,1-2H3/b5-4-,8-7-,11-10-,14-13-,17-16-/t22-,23-,24-,25-,26-,27-/m1/s1. The van der Waals surface area contributed by atoms with E-state index >= 15 is 0 Å².